The number of hydrogen-bond acceptors (Lipinski definition) is 2. The molecule has 2 nitrogen and oxygen atoms in total. The van der Waals surface area contributed by atoms with Crippen LogP contribution in [0.15, 0.2) is 18.2 Å². The molecule has 3 N–H and O–H groups in total. The third kappa shape index (κ3) is 0.988. The molecule has 0 bridgehead atoms. The Bertz CT molecular complexity index is 285. The Kier molecular flexibility index (Phi) is 1.51. The molecule has 0 saturated carbocycles. The van der Waals surface area contributed by atoms with Gasteiger partial charge in [-0.05, 0) is 11.6 Å². The summed E-state index contributed by atoms with van der Waals surface area (Å²) in [5.74, 6) is 0. The fraction of sp³-hybridized carbons (Fsp3) is 0.250. The van der Waals surface area contributed by atoms with Gasteiger partial charge in [-0.1, -0.05) is 23.7 Å². The summed E-state index contributed by atoms with van der Waals surface area (Å²) in [5.41, 5.74) is 7.92. The summed E-state index contributed by atoms with van der Waals surface area (Å²) in [7, 11) is 0. The summed E-state index contributed by atoms with van der Waals surface area (Å²) in [6, 6.07) is 5.90. The first-order valence-corrected chi connectivity index (χ1v) is 3.94. The molecule has 2 rings (SSSR count). The molecular weight excluding hydrogens is 160 g/mol. The van der Waals surface area contributed by atoms with Crippen molar-refractivity contribution in [2.75, 3.05) is 11.9 Å². The van der Waals surface area contributed by atoms with E-state index in [-0.39, 0.29) is 6.04 Å². The first kappa shape index (κ1) is 6.95. The van der Waals surface area contributed by atoms with Crippen molar-refractivity contribution in [2.24, 2.45) is 5.73 Å². The van der Waals surface area contributed by atoms with Crippen molar-refractivity contribution < 1.29 is 0 Å². The maximum atomic E-state index is 5.92. The van der Waals surface area contributed by atoms with E-state index in [0.717, 1.165) is 22.8 Å². The van der Waals surface area contributed by atoms with Gasteiger partial charge in [0.15, 0.2) is 0 Å². The molecule has 11 heavy (non-hydrogen) atoms. The van der Waals surface area contributed by atoms with Crippen LogP contribution in [0.1, 0.15) is 11.6 Å². The fourth-order valence-electron chi connectivity index (χ4n) is 1.36. The SMILES string of the molecule is NC1CNc2c(Cl)cccc21. The Balaban J connectivity index is 2.57. The highest BCUT2D eigenvalue weighted by molar-refractivity contribution is 6.33. The molecule has 1 aliphatic heterocycles. The second kappa shape index (κ2) is 2.40. The molecule has 0 amide bonds. The third-order valence-electron chi connectivity index (χ3n) is 1.94. The Labute approximate surface area is 70.3 Å². The van der Waals surface area contributed by atoms with E-state index in [1.54, 1.807) is 0 Å². The third-order valence-corrected chi connectivity index (χ3v) is 2.26. The van der Waals surface area contributed by atoms with E-state index in [0.29, 0.717) is 0 Å². The zero-order chi connectivity index (χ0) is 7.84. The van der Waals surface area contributed by atoms with Crippen LogP contribution in [0, 0.1) is 0 Å². The van der Waals surface area contributed by atoms with Crippen molar-refractivity contribution in [2.45, 2.75) is 6.04 Å². The summed E-state index contributed by atoms with van der Waals surface area (Å²) < 4.78 is 0. The van der Waals surface area contributed by atoms with Crippen molar-refractivity contribution in [1.29, 1.82) is 0 Å². The van der Waals surface area contributed by atoms with Crippen molar-refractivity contribution in [3.8, 4) is 0 Å². The van der Waals surface area contributed by atoms with Gasteiger partial charge in [0.05, 0.1) is 10.7 Å². The molecule has 1 aromatic carbocycles. The number of para-hydroxylation sites is 1. The highest BCUT2D eigenvalue weighted by Gasteiger charge is 2.19. The molecule has 0 saturated heterocycles. The number of hydrogen-bond donors (Lipinski definition) is 2. The predicted molar refractivity (Wildman–Crippen MR) is 46.9 cm³/mol. The van der Waals surface area contributed by atoms with Crippen LogP contribution in [0.3, 0.4) is 0 Å². The maximum Gasteiger partial charge on any atom is 0.0640 e. The second-order valence-electron chi connectivity index (χ2n) is 2.69. The first-order chi connectivity index (χ1) is 5.29. The van der Waals surface area contributed by atoms with Crippen molar-refractivity contribution in [1.82, 2.24) is 0 Å². The molecule has 1 unspecified atom stereocenters. The number of nitrogens with two attached hydrogens (primary N) is 1. The highest BCUT2D eigenvalue weighted by atomic mass is 35.5. The molecule has 0 spiro atoms. The average molecular weight is 169 g/mol. The molecule has 1 heterocycles. The van der Waals surface area contributed by atoms with Gasteiger partial charge in [0.1, 0.15) is 0 Å². The summed E-state index contributed by atoms with van der Waals surface area (Å²) in [6.45, 7) is 0.791. The molecular formula is C8H9ClN2. The van der Waals surface area contributed by atoms with Crippen LogP contribution in [0.5, 0.6) is 0 Å². The molecule has 0 fully saturated rings. The van der Waals surface area contributed by atoms with Gasteiger partial charge in [-0.3, -0.25) is 0 Å². The monoisotopic (exact) mass is 168 g/mol. The van der Waals surface area contributed by atoms with Crippen LogP contribution in [0.25, 0.3) is 0 Å². The quantitative estimate of drug-likeness (QED) is 0.620. The van der Waals surface area contributed by atoms with E-state index < -0.39 is 0 Å². The van der Waals surface area contributed by atoms with Gasteiger partial charge in [-0.2, -0.15) is 0 Å². The zero-order valence-electron chi connectivity index (χ0n) is 5.97. The standard InChI is InChI=1S/C8H9ClN2/c9-6-3-1-2-5-7(10)4-11-8(5)6/h1-3,7,11H,4,10H2. The summed E-state index contributed by atoms with van der Waals surface area (Å²) >= 11 is 5.92. The van der Waals surface area contributed by atoms with Crippen LogP contribution in [0.4, 0.5) is 5.69 Å². The Hall–Kier alpha value is -0.730. The summed E-state index contributed by atoms with van der Waals surface area (Å²) in [4.78, 5) is 0. The van der Waals surface area contributed by atoms with Gasteiger partial charge in [0, 0.05) is 12.6 Å². The van der Waals surface area contributed by atoms with Crippen LogP contribution in [0.2, 0.25) is 5.02 Å². The van der Waals surface area contributed by atoms with Gasteiger partial charge in [0.25, 0.3) is 0 Å². The van der Waals surface area contributed by atoms with E-state index in [9.17, 15) is 0 Å². The average Bonchev–Trinajstić information content (AvgIpc) is 2.35. The van der Waals surface area contributed by atoms with Crippen molar-refractivity contribution in [3.05, 3.63) is 28.8 Å². The lowest BCUT2D eigenvalue weighted by atomic mass is 10.1. The van der Waals surface area contributed by atoms with E-state index >= 15 is 0 Å². The Morgan fingerprint density at radius 3 is 3.09 bits per heavy atom. The Morgan fingerprint density at radius 1 is 1.55 bits per heavy atom. The summed E-state index contributed by atoms with van der Waals surface area (Å²) in [5, 5.41) is 3.92. The van der Waals surface area contributed by atoms with Crippen molar-refractivity contribution >= 4 is 17.3 Å². The van der Waals surface area contributed by atoms with Gasteiger partial charge >= 0.3 is 0 Å². The summed E-state index contributed by atoms with van der Waals surface area (Å²) in [6.07, 6.45) is 0. The lowest BCUT2D eigenvalue weighted by Crippen LogP contribution is -2.11. The number of halogens is 1. The topological polar surface area (TPSA) is 38.0 Å². The largest absolute Gasteiger partial charge is 0.382 e. The van der Waals surface area contributed by atoms with Gasteiger partial charge in [-0.25, -0.2) is 0 Å². The van der Waals surface area contributed by atoms with Gasteiger partial charge < -0.3 is 11.1 Å². The molecule has 3 heteroatoms. The van der Waals surface area contributed by atoms with Gasteiger partial charge in [0.2, 0.25) is 0 Å². The molecule has 0 aliphatic carbocycles. The van der Waals surface area contributed by atoms with E-state index in [1.807, 2.05) is 18.2 Å². The molecule has 58 valence electrons. The normalized spacial score (nSPS) is 21.1. The molecule has 1 aromatic rings. The van der Waals surface area contributed by atoms with Crippen LogP contribution >= 0.6 is 11.6 Å². The lowest BCUT2D eigenvalue weighted by Gasteiger charge is -2.02. The lowest BCUT2D eigenvalue weighted by molar-refractivity contribution is 0.808. The number of nitrogens with one attached hydrogen (secondary N) is 1. The fourth-order valence-corrected chi connectivity index (χ4v) is 1.61. The minimum atomic E-state index is 0.101. The number of fused-ring (bicyclic) bond motifs is 1. The minimum absolute atomic E-state index is 0.101. The van der Waals surface area contributed by atoms with Crippen LogP contribution < -0.4 is 11.1 Å². The first-order valence-electron chi connectivity index (χ1n) is 3.57. The van der Waals surface area contributed by atoms with Crippen LogP contribution in [-0.2, 0) is 0 Å². The van der Waals surface area contributed by atoms with E-state index in [2.05, 4.69) is 5.32 Å². The molecule has 0 radical (unpaired) electrons. The van der Waals surface area contributed by atoms with Crippen molar-refractivity contribution in [3.63, 3.8) is 0 Å². The Morgan fingerprint density at radius 2 is 2.36 bits per heavy atom. The predicted octanol–water partition coefficient (Wildman–Crippen LogP) is 1.77. The number of benzene rings is 1. The second-order valence-corrected chi connectivity index (χ2v) is 3.10. The highest BCUT2D eigenvalue weighted by Crippen LogP contribution is 2.33. The van der Waals surface area contributed by atoms with Crippen LogP contribution in [-0.4, -0.2) is 6.54 Å². The number of anilines is 1. The molecule has 1 atom stereocenters. The maximum absolute atomic E-state index is 5.92. The van der Waals surface area contributed by atoms with E-state index in [4.69, 9.17) is 17.3 Å². The van der Waals surface area contributed by atoms with E-state index in [1.165, 1.54) is 0 Å². The zero-order valence-corrected chi connectivity index (χ0v) is 6.73. The van der Waals surface area contributed by atoms with Gasteiger partial charge in [-0.15, -0.1) is 0 Å². The molecule has 0 aromatic heterocycles. The number of rotatable bonds is 0. The smallest absolute Gasteiger partial charge is 0.0640 e. The minimum Gasteiger partial charge on any atom is -0.382 e. The molecule has 1 aliphatic rings.